The number of halogens is 4. The molecule has 4 rings (SSSR count). The minimum absolute atomic E-state index is 0.0224. The van der Waals surface area contributed by atoms with E-state index in [1.165, 1.54) is 36.4 Å². The fraction of sp³-hybridized carbons (Fsp3) is 0.0870. The minimum Gasteiger partial charge on any atom is -0.255 e. The third-order valence-corrected chi connectivity index (χ3v) is 5.91. The normalized spacial score (nSPS) is 12.2. The first-order valence-corrected chi connectivity index (χ1v) is 11.2. The van der Waals surface area contributed by atoms with Gasteiger partial charge in [-0.25, -0.2) is 17.9 Å². The summed E-state index contributed by atoms with van der Waals surface area (Å²) in [6.45, 7) is -0.154. The number of hydrogen-bond acceptors (Lipinski definition) is 3. The van der Waals surface area contributed by atoms with E-state index in [4.69, 9.17) is 5.14 Å². The summed E-state index contributed by atoms with van der Waals surface area (Å²) in [5.74, 6) is -0.594. The first-order valence-electron chi connectivity index (χ1n) is 9.65. The molecule has 33 heavy (non-hydrogen) atoms. The molecule has 1 heterocycles. The number of rotatable bonds is 5. The van der Waals surface area contributed by atoms with E-state index in [1.807, 2.05) is 0 Å². The lowest BCUT2D eigenvalue weighted by Gasteiger charge is -2.13. The van der Waals surface area contributed by atoms with Gasteiger partial charge in [0.05, 0.1) is 11.4 Å². The Morgan fingerprint density at radius 1 is 0.848 bits per heavy atom. The monoisotopic (exact) mass is 475 g/mol. The van der Waals surface area contributed by atoms with Crippen molar-refractivity contribution in [3.05, 3.63) is 95.9 Å². The number of nitrogens with two attached hydrogens (primary N) is 1. The Bertz CT molecular complexity index is 1380. The number of nitrogens with zero attached hydrogens (tertiary/aromatic N) is 2. The molecule has 4 aromatic rings. The summed E-state index contributed by atoms with van der Waals surface area (Å²) in [4.78, 5) is -0.186. The molecule has 5 nitrogen and oxygen atoms in total. The SMILES string of the molecule is NS(=O)(=O)c1ccc(-c2nn(Cc3ccccc3)c(C(F)(F)F)c2-c2ccc(F)cc2)cc1. The third kappa shape index (κ3) is 4.81. The second-order valence-electron chi connectivity index (χ2n) is 7.29. The molecule has 10 heteroatoms. The molecule has 0 saturated carbocycles. The van der Waals surface area contributed by atoms with Crippen molar-refractivity contribution in [2.75, 3.05) is 0 Å². The van der Waals surface area contributed by atoms with E-state index in [9.17, 15) is 26.0 Å². The summed E-state index contributed by atoms with van der Waals surface area (Å²) in [6, 6.07) is 18.2. The maximum atomic E-state index is 14.3. The number of alkyl halides is 3. The van der Waals surface area contributed by atoms with E-state index in [2.05, 4.69) is 5.10 Å². The van der Waals surface area contributed by atoms with Crippen LogP contribution >= 0.6 is 0 Å². The zero-order valence-corrected chi connectivity index (χ0v) is 17.7. The average molecular weight is 475 g/mol. The van der Waals surface area contributed by atoms with Crippen molar-refractivity contribution in [1.29, 1.82) is 0 Å². The van der Waals surface area contributed by atoms with Crippen molar-refractivity contribution in [2.24, 2.45) is 5.14 Å². The molecule has 0 aliphatic rings. The van der Waals surface area contributed by atoms with Crippen LogP contribution in [0.15, 0.2) is 83.8 Å². The smallest absolute Gasteiger partial charge is 0.255 e. The van der Waals surface area contributed by atoms with Gasteiger partial charge in [0.15, 0.2) is 5.69 Å². The van der Waals surface area contributed by atoms with Gasteiger partial charge in [0.2, 0.25) is 10.0 Å². The second-order valence-corrected chi connectivity index (χ2v) is 8.85. The Morgan fingerprint density at radius 3 is 1.97 bits per heavy atom. The quantitative estimate of drug-likeness (QED) is 0.410. The Hall–Kier alpha value is -3.50. The van der Waals surface area contributed by atoms with Gasteiger partial charge in [0.1, 0.15) is 11.5 Å². The van der Waals surface area contributed by atoms with Gasteiger partial charge >= 0.3 is 6.18 Å². The number of primary sulfonamides is 1. The van der Waals surface area contributed by atoms with E-state index >= 15 is 0 Å². The molecule has 0 aliphatic heterocycles. The lowest BCUT2D eigenvalue weighted by molar-refractivity contribution is -0.143. The van der Waals surface area contributed by atoms with Crippen LogP contribution in [0.3, 0.4) is 0 Å². The van der Waals surface area contributed by atoms with Gasteiger partial charge in [-0.3, -0.25) is 4.68 Å². The van der Waals surface area contributed by atoms with Gasteiger partial charge < -0.3 is 0 Å². The molecule has 0 aliphatic carbocycles. The fourth-order valence-corrected chi connectivity index (χ4v) is 4.03. The second kappa shape index (κ2) is 8.45. The van der Waals surface area contributed by atoms with E-state index in [0.29, 0.717) is 5.56 Å². The topological polar surface area (TPSA) is 78.0 Å². The predicted octanol–water partition coefficient (Wildman–Crippen LogP) is 5.07. The Labute approximate surface area is 187 Å². The van der Waals surface area contributed by atoms with Crippen LogP contribution in [0.2, 0.25) is 0 Å². The van der Waals surface area contributed by atoms with Crippen molar-refractivity contribution in [3.8, 4) is 22.4 Å². The molecule has 0 atom stereocenters. The van der Waals surface area contributed by atoms with Crippen molar-refractivity contribution < 1.29 is 26.0 Å². The number of benzene rings is 3. The van der Waals surface area contributed by atoms with E-state index in [1.54, 1.807) is 30.3 Å². The predicted molar refractivity (Wildman–Crippen MR) is 115 cm³/mol. The van der Waals surface area contributed by atoms with Gasteiger partial charge in [0.25, 0.3) is 0 Å². The Kier molecular flexibility index (Phi) is 5.81. The van der Waals surface area contributed by atoms with Crippen molar-refractivity contribution in [3.63, 3.8) is 0 Å². The number of sulfonamides is 1. The van der Waals surface area contributed by atoms with Crippen LogP contribution < -0.4 is 5.14 Å². The first-order chi connectivity index (χ1) is 15.5. The average Bonchev–Trinajstić information content (AvgIpc) is 3.14. The lowest BCUT2D eigenvalue weighted by atomic mass is 9.98. The molecule has 170 valence electrons. The molecular weight excluding hydrogens is 458 g/mol. The molecule has 0 amide bonds. The third-order valence-electron chi connectivity index (χ3n) is 4.99. The molecule has 1 aromatic heterocycles. The molecule has 2 N–H and O–H groups in total. The van der Waals surface area contributed by atoms with E-state index in [0.717, 1.165) is 16.8 Å². The zero-order chi connectivity index (χ0) is 23.8. The summed E-state index contributed by atoms with van der Waals surface area (Å²) in [5.41, 5.74) is -0.281. The molecule has 0 bridgehead atoms. The highest BCUT2D eigenvalue weighted by Gasteiger charge is 2.40. The minimum atomic E-state index is -4.77. The molecule has 0 fully saturated rings. The number of hydrogen-bond donors (Lipinski definition) is 1. The summed E-state index contributed by atoms with van der Waals surface area (Å²) in [5, 5.41) is 9.38. The van der Waals surface area contributed by atoms with Crippen LogP contribution in [-0.2, 0) is 22.7 Å². The van der Waals surface area contributed by atoms with Gasteiger partial charge in [-0.1, -0.05) is 54.6 Å². The highest BCUT2D eigenvalue weighted by Crippen LogP contribution is 2.43. The van der Waals surface area contributed by atoms with Gasteiger partial charge in [-0.15, -0.1) is 0 Å². The van der Waals surface area contributed by atoms with Gasteiger partial charge in [-0.2, -0.15) is 18.3 Å². The zero-order valence-electron chi connectivity index (χ0n) is 16.9. The van der Waals surface area contributed by atoms with Crippen LogP contribution in [0.4, 0.5) is 17.6 Å². The largest absolute Gasteiger partial charge is 0.433 e. The fourth-order valence-electron chi connectivity index (χ4n) is 3.52. The molecule has 3 aromatic carbocycles. The van der Waals surface area contributed by atoms with Crippen LogP contribution in [0.5, 0.6) is 0 Å². The molecule has 0 spiro atoms. The maximum absolute atomic E-state index is 14.3. The van der Waals surface area contributed by atoms with E-state index < -0.39 is 27.7 Å². The summed E-state index contributed by atoms with van der Waals surface area (Å²) in [7, 11) is -3.98. The maximum Gasteiger partial charge on any atom is 0.433 e. The van der Waals surface area contributed by atoms with Gasteiger partial charge in [0, 0.05) is 11.1 Å². The standard InChI is InChI=1S/C23H17F4N3O2S/c24-18-10-6-16(7-11-18)20-21(17-8-12-19(13-9-17)33(28,31)32)29-30(22(20)23(25,26)27)14-15-4-2-1-3-5-15/h1-13H,14H2,(H2,28,31,32). The van der Waals surface area contributed by atoms with Crippen LogP contribution in [0.1, 0.15) is 11.3 Å². The Balaban J connectivity index is 1.97. The van der Waals surface area contributed by atoms with Crippen molar-refractivity contribution in [1.82, 2.24) is 9.78 Å². The summed E-state index contributed by atoms with van der Waals surface area (Å²) >= 11 is 0. The lowest BCUT2D eigenvalue weighted by Crippen LogP contribution is -2.16. The molecule has 0 unspecified atom stereocenters. The van der Waals surface area contributed by atoms with Gasteiger partial charge in [-0.05, 0) is 35.4 Å². The summed E-state index contributed by atoms with van der Waals surface area (Å²) < 4.78 is 80.4. The number of aromatic nitrogens is 2. The van der Waals surface area contributed by atoms with Crippen LogP contribution in [-0.4, -0.2) is 18.2 Å². The highest BCUT2D eigenvalue weighted by atomic mass is 32.2. The van der Waals surface area contributed by atoms with Crippen LogP contribution in [0, 0.1) is 5.82 Å². The van der Waals surface area contributed by atoms with Crippen molar-refractivity contribution >= 4 is 10.0 Å². The molecule has 0 radical (unpaired) electrons. The van der Waals surface area contributed by atoms with Crippen molar-refractivity contribution in [2.45, 2.75) is 17.6 Å². The Morgan fingerprint density at radius 2 is 1.42 bits per heavy atom. The highest BCUT2D eigenvalue weighted by molar-refractivity contribution is 7.89. The van der Waals surface area contributed by atoms with Crippen LogP contribution in [0.25, 0.3) is 22.4 Å². The van der Waals surface area contributed by atoms with E-state index in [-0.39, 0.29) is 33.8 Å². The summed E-state index contributed by atoms with van der Waals surface area (Å²) in [6.07, 6.45) is -4.77. The molecule has 0 saturated heterocycles. The first kappa shape index (κ1) is 22.7. The molecular formula is C23H17F4N3O2S.